The summed E-state index contributed by atoms with van der Waals surface area (Å²) in [6, 6.07) is 2.59. The molecule has 0 saturated heterocycles. The lowest BCUT2D eigenvalue weighted by molar-refractivity contribution is -0.189. The Kier molecular flexibility index (Phi) is 4.77. The number of ketones is 2. The number of fused-ring (bicyclic) bond motifs is 2. The zero-order valence-electron chi connectivity index (χ0n) is 21.5. The van der Waals surface area contributed by atoms with Crippen molar-refractivity contribution in [3.05, 3.63) is 34.9 Å². The molecule has 1 aromatic rings. The first kappa shape index (κ1) is 23.7. The van der Waals surface area contributed by atoms with Crippen LogP contribution in [0.25, 0.3) is 0 Å². The molecular weight excluding hydrogens is 456 g/mol. The molecule has 6 aliphatic carbocycles. The first-order valence-electron chi connectivity index (χ1n) is 13.5. The molecule has 192 valence electrons. The third-order valence-electron chi connectivity index (χ3n) is 11.4. The second-order valence-corrected chi connectivity index (χ2v) is 13.1. The zero-order valence-corrected chi connectivity index (χ0v) is 21.5. The van der Waals surface area contributed by atoms with E-state index in [1.54, 1.807) is 0 Å². The number of carbonyl (C=O) groups is 3. The van der Waals surface area contributed by atoms with Crippen molar-refractivity contribution in [1.82, 2.24) is 0 Å². The topological polar surface area (TPSA) is 112 Å². The normalized spacial score (nSPS) is 42.8. The van der Waals surface area contributed by atoms with E-state index in [2.05, 4.69) is 26.8 Å². The molecular formula is C30H36O6. The Morgan fingerprint density at radius 2 is 1.61 bits per heavy atom. The lowest BCUT2D eigenvalue weighted by Gasteiger charge is -2.69. The molecule has 6 heteroatoms. The SMILES string of the molecule is CC(C)C1=C[C@@]23CC[C@@H]4[C@](C)(CCC[C@@]4(C)C(=O)O)[C@H]2C[C@@H]1[C@H]1C(=O)c2c(O)ccc(O)c2C(=O)[C@H]13. The molecule has 0 radical (unpaired) electrons. The van der Waals surface area contributed by atoms with E-state index in [9.17, 15) is 29.7 Å². The fourth-order valence-corrected chi connectivity index (χ4v) is 10.0. The highest BCUT2D eigenvalue weighted by Crippen LogP contribution is 2.74. The summed E-state index contributed by atoms with van der Waals surface area (Å²) < 4.78 is 0. The van der Waals surface area contributed by atoms with Gasteiger partial charge in [0, 0.05) is 17.3 Å². The van der Waals surface area contributed by atoms with Gasteiger partial charge in [-0.05, 0) is 80.2 Å². The highest BCUT2D eigenvalue weighted by atomic mass is 16.4. The molecule has 36 heavy (non-hydrogen) atoms. The van der Waals surface area contributed by atoms with Crippen LogP contribution in [0.2, 0.25) is 0 Å². The van der Waals surface area contributed by atoms with Gasteiger partial charge in [0.15, 0.2) is 11.6 Å². The number of rotatable bonds is 2. The Bertz CT molecular complexity index is 1240. The van der Waals surface area contributed by atoms with Crippen molar-refractivity contribution in [2.24, 2.45) is 51.8 Å². The van der Waals surface area contributed by atoms with Gasteiger partial charge in [-0.15, -0.1) is 0 Å². The van der Waals surface area contributed by atoms with Gasteiger partial charge in [-0.25, -0.2) is 0 Å². The molecule has 2 bridgehead atoms. The molecule has 0 amide bonds. The molecule has 7 rings (SSSR count). The number of carboxylic acid groups (broad SMARTS) is 1. The Morgan fingerprint density at radius 3 is 2.22 bits per heavy atom. The second-order valence-electron chi connectivity index (χ2n) is 13.1. The maximum Gasteiger partial charge on any atom is 0.309 e. The van der Waals surface area contributed by atoms with Crippen molar-refractivity contribution in [2.45, 2.75) is 66.2 Å². The lowest BCUT2D eigenvalue weighted by atomic mass is 9.33. The number of phenolic OH excluding ortho intramolecular Hbond substituents is 2. The number of carboxylic acids is 1. The van der Waals surface area contributed by atoms with Gasteiger partial charge in [0.05, 0.1) is 16.5 Å². The van der Waals surface area contributed by atoms with Crippen molar-refractivity contribution in [1.29, 1.82) is 0 Å². The fourth-order valence-electron chi connectivity index (χ4n) is 10.0. The lowest BCUT2D eigenvalue weighted by Crippen LogP contribution is -2.67. The Balaban J connectivity index is 1.57. The van der Waals surface area contributed by atoms with E-state index in [1.165, 1.54) is 17.7 Å². The van der Waals surface area contributed by atoms with Crippen LogP contribution in [0.1, 0.15) is 86.9 Å². The third-order valence-corrected chi connectivity index (χ3v) is 11.4. The molecule has 1 aromatic carbocycles. The predicted molar refractivity (Wildman–Crippen MR) is 133 cm³/mol. The summed E-state index contributed by atoms with van der Waals surface area (Å²) in [4.78, 5) is 40.8. The molecule has 0 unspecified atom stereocenters. The highest BCUT2D eigenvalue weighted by molar-refractivity contribution is 6.19. The van der Waals surface area contributed by atoms with Crippen LogP contribution in [0.15, 0.2) is 23.8 Å². The van der Waals surface area contributed by atoms with E-state index in [4.69, 9.17) is 0 Å². The molecule has 6 aliphatic rings. The number of hydrogen-bond donors (Lipinski definition) is 3. The Morgan fingerprint density at radius 1 is 0.972 bits per heavy atom. The van der Waals surface area contributed by atoms with Gasteiger partial charge in [0.1, 0.15) is 11.5 Å². The number of phenols is 2. The second kappa shape index (κ2) is 7.23. The van der Waals surface area contributed by atoms with E-state index >= 15 is 0 Å². The summed E-state index contributed by atoms with van der Waals surface area (Å²) in [5.74, 6) is -2.64. The van der Waals surface area contributed by atoms with Crippen LogP contribution in [0, 0.1) is 51.8 Å². The highest BCUT2D eigenvalue weighted by Gasteiger charge is 2.71. The van der Waals surface area contributed by atoms with Crippen LogP contribution < -0.4 is 0 Å². The maximum atomic E-state index is 14.2. The van der Waals surface area contributed by atoms with Crippen LogP contribution in [0.3, 0.4) is 0 Å². The number of carbonyl (C=O) groups excluding carboxylic acids is 2. The first-order chi connectivity index (χ1) is 16.9. The van der Waals surface area contributed by atoms with Crippen LogP contribution in [0.4, 0.5) is 0 Å². The minimum Gasteiger partial charge on any atom is -0.507 e. The van der Waals surface area contributed by atoms with Crippen molar-refractivity contribution >= 4 is 17.5 Å². The van der Waals surface area contributed by atoms with Crippen molar-refractivity contribution in [3.63, 3.8) is 0 Å². The van der Waals surface area contributed by atoms with Crippen LogP contribution in [0.5, 0.6) is 11.5 Å². The molecule has 3 N–H and O–H groups in total. The van der Waals surface area contributed by atoms with E-state index < -0.39 is 28.6 Å². The number of benzene rings is 1. The predicted octanol–water partition coefficient (Wildman–Crippen LogP) is 5.62. The van der Waals surface area contributed by atoms with Gasteiger partial charge >= 0.3 is 5.97 Å². The number of Topliss-reactive ketones (excluding diaryl/α,β-unsaturated/α-hetero) is 2. The monoisotopic (exact) mass is 492 g/mol. The molecule has 0 heterocycles. The first-order valence-corrected chi connectivity index (χ1v) is 13.5. The average Bonchev–Trinajstić information content (AvgIpc) is 2.82. The van der Waals surface area contributed by atoms with Gasteiger partial charge in [0.2, 0.25) is 0 Å². The van der Waals surface area contributed by atoms with E-state index in [0.29, 0.717) is 19.3 Å². The molecule has 8 atom stereocenters. The zero-order chi connectivity index (χ0) is 25.9. The minimum absolute atomic E-state index is 0.0136. The summed E-state index contributed by atoms with van der Waals surface area (Å²) in [6.07, 6.45) is 6.89. The largest absolute Gasteiger partial charge is 0.507 e. The quantitative estimate of drug-likeness (QED) is 0.365. The number of aromatic hydroxyl groups is 2. The van der Waals surface area contributed by atoms with E-state index in [1.807, 2.05) is 6.92 Å². The molecule has 0 aliphatic heterocycles. The Hall–Kier alpha value is -2.63. The summed E-state index contributed by atoms with van der Waals surface area (Å²) in [5.41, 5.74) is -0.443. The van der Waals surface area contributed by atoms with Gasteiger partial charge in [-0.1, -0.05) is 38.8 Å². The average molecular weight is 493 g/mol. The maximum absolute atomic E-state index is 14.2. The Labute approximate surface area is 211 Å². The van der Waals surface area contributed by atoms with E-state index in [-0.39, 0.29) is 63.3 Å². The molecule has 1 spiro atoms. The summed E-state index contributed by atoms with van der Waals surface area (Å²) in [7, 11) is 0. The van der Waals surface area contributed by atoms with Crippen LogP contribution in [-0.2, 0) is 4.79 Å². The summed E-state index contributed by atoms with van der Waals surface area (Å²) in [5, 5.41) is 31.5. The van der Waals surface area contributed by atoms with Crippen molar-refractivity contribution < 1.29 is 29.7 Å². The van der Waals surface area contributed by atoms with Gasteiger partial charge < -0.3 is 15.3 Å². The molecule has 6 nitrogen and oxygen atoms in total. The van der Waals surface area contributed by atoms with Gasteiger partial charge in [0.25, 0.3) is 0 Å². The number of aliphatic carboxylic acids is 1. The minimum atomic E-state index is -0.793. The standard InChI is InChI=1S/C30H36O6/c1-14(2)16-13-30-11-8-19-28(3,9-5-10-29(19,4)27(35)36)20(30)12-15(16)21-24(30)26(34)23-18(32)7-6-17(31)22(23)25(21)33/h6-7,13-15,19-21,24,31-32H,5,8-12H2,1-4H3,(H,35,36)/t15-,19+,20+,21+,24-,28-,29+,30-/m0/s1. The van der Waals surface area contributed by atoms with Gasteiger partial charge in [-0.2, -0.15) is 0 Å². The van der Waals surface area contributed by atoms with Crippen molar-refractivity contribution in [3.8, 4) is 11.5 Å². The van der Waals surface area contributed by atoms with Gasteiger partial charge in [-0.3, -0.25) is 14.4 Å². The third kappa shape index (κ3) is 2.61. The van der Waals surface area contributed by atoms with Crippen LogP contribution in [-0.4, -0.2) is 32.9 Å². The number of allylic oxidation sites excluding steroid dienone is 2. The van der Waals surface area contributed by atoms with Crippen molar-refractivity contribution in [2.75, 3.05) is 0 Å². The number of hydrogen-bond acceptors (Lipinski definition) is 5. The molecule has 3 fully saturated rings. The van der Waals surface area contributed by atoms with Crippen LogP contribution >= 0.6 is 0 Å². The van der Waals surface area contributed by atoms with E-state index in [0.717, 1.165) is 19.3 Å². The smallest absolute Gasteiger partial charge is 0.309 e. The fraction of sp³-hybridized carbons (Fsp3) is 0.633. The molecule has 0 aromatic heterocycles. The summed E-state index contributed by atoms with van der Waals surface area (Å²) >= 11 is 0. The molecule has 3 saturated carbocycles. The summed E-state index contributed by atoms with van der Waals surface area (Å²) in [6.45, 7) is 8.42.